The second-order valence-corrected chi connectivity index (χ2v) is 6.65. The number of aromatic nitrogens is 2. The van der Waals surface area contributed by atoms with Crippen molar-refractivity contribution in [1.82, 2.24) is 9.97 Å². The summed E-state index contributed by atoms with van der Waals surface area (Å²) in [6, 6.07) is 13.7. The second-order valence-electron chi connectivity index (χ2n) is 6.65. The van der Waals surface area contributed by atoms with Crippen LogP contribution in [0.5, 0.6) is 0 Å². The fourth-order valence-corrected chi connectivity index (χ4v) is 3.07. The van der Waals surface area contributed by atoms with E-state index in [1.807, 2.05) is 6.07 Å². The van der Waals surface area contributed by atoms with E-state index in [0.717, 1.165) is 23.3 Å². The maximum atomic E-state index is 12.8. The van der Waals surface area contributed by atoms with E-state index in [2.05, 4.69) is 9.97 Å². The second kappa shape index (κ2) is 7.50. The maximum Gasteiger partial charge on any atom is 0.416 e. The molecule has 2 heterocycles. The molecule has 0 fully saturated rings. The molecule has 0 bridgehead atoms. The summed E-state index contributed by atoms with van der Waals surface area (Å²) >= 11 is 0. The zero-order valence-electron chi connectivity index (χ0n) is 15.1. The molecule has 7 heteroatoms. The third kappa shape index (κ3) is 4.34. The highest BCUT2D eigenvalue weighted by molar-refractivity contribution is 5.85. The molecular weight excluding hydrogens is 381 g/mol. The first-order valence-electron chi connectivity index (χ1n) is 8.86. The number of benzene rings is 2. The Bertz CT molecular complexity index is 1170. The van der Waals surface area contributed by atoms with Crippen LogP contribution in [-0.4, -0.2) is 15.8 Å². The van der Waals surface area contributed by atoms with Crippen molar-refractivity contribution in [1.29, 1.82) is 0 Å². The van der Waals surface area contributed by atoms with Gasteiger partial charge in [0.05, 0.1) is 11.1 Å². The van der Waals surface area contributed by atoms with Gasteiger partial charge in [0.25, 0.3) is 0 Å². The minimum absolute atomic E-state index is 0.0678. The molecule has 29 heavy (non-hydrogen) atoms. The summed E-state index contributed by atoms with van der Waals surface area (Å²) in [6.45, 7) is 0. The Labute approximate surface area is 164 Å². The molecule has 0 aliphatic heterocycles. The van der Waals surface area contributed by atoms with Crippen LogP contribution in [0.15, 0.2) is 71.4 Å². The van der Waals surface area contributed by atoms with Gasteiger partial charge in [-0.15, -0.1) is 0 Å². The number of halogens is 3. The van der Waals surface area contributed by atoms with Crippen molar-refractivity contribution < 1.29 is 22.4 Å². The Hall–Kier alpha value is -3.48. The smallest absolute Gasteiger partial charge is 0.416 e. The van der Waals surface area contributed by atoms with Crippen molar-refractivity contribution in [2.45, 2.75) is 19.0 Å². The molecule has 2 aromatic heterocycles. The van der Waals surface area contributed by atoms with E-state index in [9.17, 15) is 18.0 Å². The van der Waals surface area contributed by atoms with Crippen LogP contribution in [0.1, 0.15) is 16.7 Å². The molecule has 2 aromatic carbocycles. The first-order valence-corrected chi connectivity index (χ1v) is 8.86. The summed E-state index contributed by atoms with van der Waals surface area (Å²) in [5, 5.41) is 0. The quantitative estimate of drug-likeness (QED) is 0.462. The van der Waals surface area contributed by atoms with Gasteiger partial charge in [-0.25, -0.2) is 4.98 Å². The highest BCUT2D eigenvalue weighted by Crippen LogP contribution is 2.30. The number of hydrogen-bond acceptors (Lipinski definition) is 4. The summed E-state index contributed by atoms with van der Waals surface area (Å²) in [7, 11) is 0. The van der Waals surface area contributed by atoms with Crippen molar-refractivity contribution in [3.05, 3.63) is 83.7 Å². The van der Waals surface area contributed by atoms with Gasteiger partial charge < -0.3 is 4.42 Å². The molecule has 0 atom stereocenters. The fraction of sp³-hybridized carbons (Fsp3) is 0.136. The third-order valence-corrected chi connectivity index (χ3v) is 4.42. The first kappa shape index (κ1) is 18.9. The van der Waals surface area contributed by atoms with Gasteiger partial charge in [0, 0.05) is 25.2 Å². The van der Waals surface area contributed by atoms with E-state index in [-0.39, 0.29) is 18.6 Å². The monoisotopic (exact) mass is 396 g/mol. The Morgan fingerprint density at radius 2 is 1.76 bits per heavy atom. The summed E-state index contributed by atoms with van der Waals surface area (Å²) < 4.78 is 44.2. The van der Waals surface area contributed by atoms with Crippen LogP contribution in [-0.2, 0) is 23.8 Å². The number of pyridine rings is 1. The van der Waals surface area contributed by atoms with Crippen molar-refractivity contribution in [3.63, 3.8) is 0 Å². The van der Waals surface area contributed by atoms with E-state index in [4.69, 9.17) is 4.42 Å². The van der Waals surface area contributed by atoms with Gasteiger partial charge in [-0.05, 0) is 41.5 Å². The topological polar surface area (TPSA) is 56.0 Å². The normalized spacial score (nSPS) is 11.7. The molecule has 0 unspecified atom stereocenters. The zero-order chi connectivity index (χ0) is 20.4. The van der Waals surface area contributed by atoms with Gasteiger partial charge >= 0.3 is 6.18 Å². The molecule has 0 saturated heterocycles. The summed E-state index contributed by atoms with van der Waals surface area (Å²) in [5.74, 6) is 0.250. The van der Waals surface area contributed by atoms with E-state index in [0.29, 0.717) is 22.6 Å². The minimum atomic E-state index is -4.43. The molecule has 0 amide bonds. The van der Waals surface area contributed by atoms with Crippen LogP contribution < -0.4 is 0 Å². The average Bonchev–Trinajstić information content (AvgIpc) is 3.11. The van der Waals surface area contributed by atoms with E-state index >= 15 is 0 Å². The van der Waals surface area contributed by atoms with Gasteiger partial charge in [0.2, 0.25) is 5.89 Å². The Balaban J connectivity index is 1.50. The van der Waals surface area contributed by atoms with E-state index < -0.39 is 11.7 Å². The molecule has 0 saturated carbocycles. The lowest BCUT2D eigenvalue weighted by Crippen LogP contribution is -2.09. The van der Waals surface area contributed by atoms with Crippen LogP contribution in [0.3, 0.4) is 0 Å². The van der Waals surface area contributed by atoms with E-state index in [1.54, 1.807) is 36.7 Å². The molecule has 4 nitrogen and oxygen atoms in total. The SMILES string of the molecule is O=C(Cc1cccc(C(F)(F)F)c1)Cc1ccc2oc(-c3cccnc3)nc2c1. The molecule has 0 radical (unpaired) electrons. The van der Waals surface area contributed by atoms with Crippen LogP contribution in [0.2, 0.25) is 0 Å². The molecule has 0 aliphatic carbocycles. The average molecular weight is 396 g/mol. The van der Waals surface area contributed by atoms with Crippen LogP contribution in [0.4, 0.5) is 13.2 Å². The lowest BCUT2D eigenvalue weighted by Gasteiger charge is -2.08. The summed E-state index contributed by atoms with van der Waals surface area (Å²) in [6.07, 6.45) is -1.10. The minimum Gasteiger partial charge on any atom is -0.436 e. The number of ketones is 1. The first-order chi connectivity index (χ1) is 13.9. The summed E-state index contributed by atoms with van der Waals surface area (Å²) in [5.41, 5.74) is 2.23. The van der Waals surface area contributed by atoms with Crippen LogP contribution in [0, 0.1) is 0 Å². The molecular formula is C22H15F3N2O2. The molecule has 4 aromatic rings. The number of fused-ring (bicyclic) bond motifs is 1. The number of oxazole rings is 1. The number of alkyl halides is 3. The number of Topliss-reactive ketones (excluding diaryl/α,β-unsaturated/α-hetero) is 1. The third-order valence-electron chi connectivity index (χ3n) is 4.42. The molecule has 0 spiro atoms. The van der Waals surface area contributed by atoms with Gasteiger partial charge in [0.15, 0.2) is 5.58 Å². The van der Waals surface area contributed by atoms with Gasteiger partial charge in [-0.1, -0.05) is 24.3 Å². The van der Waals surface area contributed by atoms with Gasteiger partial charge in [-0.3, -0.25) is 9.78 Å². The molecule has 0 N–H and O–H groups in total. The number of hydrogen-bond donors (Lipinski definition) is 0. The Morgan fingerprint density at radius 3 is 2.48 bits per heavy atom. The highest BCUT2D eigenvalue weighted by Gasteiger charge is 2.30. The molecule has 0 aliphatic rings. The molecule has 4 rings (SSSR count). The van der Waals surface area contributed by atoms with Gasteiger partial charge in [-0.2, -0.15) is 13.2 Å². The standard InChI is InChI=1S/C22H15F3N2O2/c23-22(24,25)17-5-1-3-14(9-17)10-18(28)11-15-6-7-20-19(12-15)27-21(29-20)16-4-2-8-26-13-16/h1-9,12-13H,10-11H2. The van der Waals surface area contributed by atoms with Crippen LogP contribution in [0.25, 0.3) is 22.6 Å². The van der Waals surface area contributed by atoms with Crippen molar-refractivity contribution >= 4 is 16.9 Å². The van der Waals surface area contributed by atoms with Gasteiger partial charge in [0.1, 0.15) is 11.3 Å². The number of carbonyl (C=O) groups excluding carboxylic acids is 1. The predicted octanol–water partition coefficient (Wildman–Crippen LogP) is 5.26. The van der Waals surface area contributed by atoms with Crippen molar-refractivity contribution in [3.8, 4) is 11.5 Å². The lowest BCUT2D eigenvalue weighted by atomic mass is 10.0. The van der Waals surface area contributed by atoms with E-state index in [1.165, 1.54) is 12.1 Å². The van der Waals surface area contributed by atoms with Crippen molar-refractivity contribution in [2.75, 3.05) is 0 Å². The predicted molar refractivity (Wildman–Crippen MR) is 101 cm³/mol. The highest BCUT2D eigenvalue weighted by atomic mass is 19.4. The van der Waals surface area contributed by atoms with Crippen LogP contribution >= 0.6 is 0 Å². The number of rotatable bonds is 5. The Morgan fingerprint density at radius 1 is 0.966 bits per heavy atom. The summed E-state index contributed by atoms with van der Waals surface area (Å²) in [4.78, 5) is 20.8. The number of nitrogens with zero attached hydrogens (tertiary/aromatic N) is 2. The fourth-order valence-electron chi connectivity index (χ4n) is 3.07. The van der Waals surface area contributed by atoms with Crippen molar-refractivity contribution in [2.24, 2.45) is 0 Å². The zero-order valence-corrected chi connectivity index (χ0v) is 15.1. The maximum absolute atomic E-state index is 12.8. The molecule has 146 valence electrons. The lowest BCUT2D eigenvalue weighted by molar-refractivity contribution is -0.137. The Kier molecular flexibility index (Phi) is 4.88. The number of carbonyl (C=O) groups is 1. The largest absolute Gasteiger partial charge is 0.436 e.